The van der Waals surface area contributed by atoms with Gasteiger partial charge in [-0.15, -0.1) is 0 Å². The fourth-order valence-corrected chi connectivity index (χ4v) is 4.98. The number of aromatic nitrogens is 1. The summed E-state index contributed by atoms with van der Waals surface area (Å²) in [5, 5.41) is 2.82. The molecule has 1 spiro atoms. The van der Waals surface area contributed by atoms with Crippen molar-refractivity contribution >= 4 is 17.7 Å². The van der Waals surface area contributed by atoms with Crippen molar-refractivity contribution in [3.63, 3.8) is 0 Å². The van der Waals surface area contributed by atoms with Gasteiger partial charge in [-0.25, -0.2) is 4.79 Å². The minimum Gasteiger partial charge on any atom is -0.323 e. The highest BCUT2D eigenvalue weighted by Crippen LogP contribution is 2.34. The van der Waals surface area contributed by atoms with E-state index < -0.39 is 35.6 Å². The van der Waals surface area contributed by atoms with Crippen molar-refractivity contribution in [1.29, 1.82) is 0 Å². The van der Waals surface area contributed by atoms with Gasteiger partial charge in [0.05, 0.1) is 12.1 Å². The molecule has 2 fully saturated rings. The molecule has 2 aliphatic rings. The average molecular weight is 461 g/mol. The number of hydrogen-bond donors (Lipinski definition) is 1. The second-order valence-corrected chi connectivity index (χ2v) is 8.91. The van der Waals surface area contributed by atoms with Crippen LogP contribution in [0.3, 0.4) is 0 Å². The summed E-state index contributed by atoms with van der Waals surface area (Å²) in [6.45, 7) is 2.93. The number of aryl methyl sites for hydroxylation is 1. The Bertz CT molecular complexity index is 1110. The Labute approximate surface area is 189 Å². The second kappa shape index (κ2) is 8.35. The molecule has 6 nitrogen and oxygen atoms in total. The zero-order valence-electron chi connectivity index (χ0n) is 18.6. The lowest BCUT2D eigenvalue weighted by Gasteiger charge is -2.24. The number of alkyl halides is 3. The molecule has 1 aliphatic carbocycles. The summed E-state index contributed by atoms with van der Waals surface area (Å²) in [5.74, 6) is -0.801. The summed E-state index contributed by atoms with van der Waals surface area (Å²) >= 11 is 0. The molecule has 1 saturated heterocycles. The molecule has 2 aromatic rings. The molecule has 176 valence electrons. The summed E-state index contributed by atoms with van der Waals surface area (Å²) < 4.78 is 41.0. The van der Waals surface area contributed by atoms with E-state index in [9.17, 15) is 27.6 Å². The molecule has 0 radical (unpaired) electrons. The van der Waals surface area contributed by atoms with E-state index in [0.717, 1.165) is 42.7 Å². The average Bonchev–Trinajstić information content (AvgIpc) is 3.03. The number of Topliss-reactive ketones (excluding diaryl/α,β-unsaturated/α-hetero) is 1. The fourth-order valence-electron chi connectivity index (χ4n) is 4.98. The van der Waals surface area contributed by atoms with E-state index in [-0.39, 0.29) is 17.2 Å². The van der Waals surface area contributed by atoms with Crippen LogP contribution in [0.2, 0.25) is 0 Å². The summed E-state index contributed by atoms with van der Waals surface area (Å²) in [6.07, 6.45) is 0.328. The predicted octanol–water partition coefficient (Wildman–Crippen LogP) is 4.94. The van der Waals surface area contributed by atoms with Crippen molar-refractivity contribution in [2.75, 3.05) is 6.54 Å². The minimum atomic E-state index is -4.49. The van der Waals surface area contributed by atoms with Gasteiger partial charge in [-0.1, -0.05) is 31.7 Å². The van der Waals surface area contributed by atoms with Crippen molar-refractivity contribution in [3.05, 3.63) is 52.8 Å². The molecule has 2 heterocycles. The number of benzene rings is 1. The molecule has 1 aromatic heterocycles. The van der Waals surface area contributed by atoms with E-state index in [2.05, 4.69) is 5.32 Å². The Kier molecular flexibility index (Phi) is 5.84. The van der Waals surface area contributed by atoms with Crippen molar-refractivity contribution in [3.8, 4) is 5.69 Å². The number of ketones is 1. The molecular weight excluding hydrogens is 435 g/mol. The Morgan fingerprint density at radius 3 is 2.36 bits per heavy atom. The molecule has 1 saturated carbocycles. The van der Waals surface area contributed by atoms with Gasteiger partial charge in [-0.3, -0.25) is 14.5 Å². The van der Waals surface area contributed by atoms with Crippen molar-refractivity contribution in [2.45, 2.75) is 64.1 Å². The smallest absolute Gasteiger partial charge is 0.323 e. The Morgan fingerprint density at radius 2 is 1.73 bits per heavy atom. The van der Waals surface area contributed by atoms with Gasteiger partial charge in [-0.05, 0) is 51.0 Å². The molecule has 1 aliphatic heterocycles. The van der Waals surface area contributed by atoms with Crippen LogP contribution in [0.5, 0.6) is 0 Å². The SMILES string of the molecule is Cc1cc(C(=O)CN2C(=O)NC3(CCCCCC3)C2=O)c(C)n1-c1cccc(C(F)(F)F)c1. The van der Waals surface area contributed by atoms with E-state index in [1.807, 2.05) is 0 Å². The lowest BCUT2D eigenvalue weighted by Crippen LogP contribution is -2.46. The highest BCUT2D eigenvalue weighted by atomic mass is 19.4. The third kappa shape index (κ3) is 4.16. The maximum atomic E-state index is 13.2. The van der Waals surface area contributed by atoms with E-state index in [4.69, 9.17) is 0 Å². The molecule has 0 atom stereocenters. The molecule has 1 aromatic carbocycles. The predicted molar refractivity (Wildman–Crippen MR) is 115 cm³/mol. The highest BCUT2D eigenvalue weighted by Gasteiger charge is 2.51. The number of imide groups is 1. The molecule has 1 N–H and O–H groups in total. The standard InChI is InChI=1S/C24H26F3N3O3/c1-15-12-19(16(2)30(15)18-9-7-8-17(13-18)24(25,26)27)20(31)14-29-21(32)23(28-22(29)33)10-5-3-4-6-11-23/h7-9,12-13H,3-6,10-11,14H2,1-2H3,(H,28,33). The van der Waals surface area contributed by atoms with Crippen LogP contribution < -0.4 is 5.32 Å². The molecule has 0 bridgehead atoms. The molecular formula is C24H26F3N3O3. The second-order valence-electron chi connectivity index (χ2n) is 8.91. The van der Waals surface area contributed by atoms with Crippen LogP contribution in [0, 0.1) is 13.8 Å². The lowest BCUT2D eigenvalue weighted by molar-refractivity contribution is -0.137. The Balaban J connectivity index is 1.59. The number of halogens is 3. The minimum absolute atomic E-state index is 0.271. The highest BCUT2D eigenvalue weighted by molar-refractivity contribution is 6.11. The first-order valence-electron chi connectivity index (χ1n) is 11.1. The normalized spacial score (nSPS) is 18.5. The van der Waals surface area contributed by atoms with E-state index in [0.29, 0.717) is 24.2 Å². The van der Waals surface area contributed by atoms with Crippen LogP contribution in [-0.2, 0) is 11.0 Å². The van der Waals surface area contributed by atoms with Crippen LogP contribution in [0.15, 0.2) is 30.3 Å². The summed E-state index contributed by atoms with van der Waals surface area (Å²) in [7, 11) is 0. The number of carbonyl (C=O) groups excluding carboxylic acids is 3. The number of carbonyl (C=O) groups is 3. The van der Waals surface area contributed by atoms with Gasteiger partial charge in [0.1, 0.15) is 5.54 Å². The van der Waals surface area contributed by atoms with Crippen LogP contribution in [-0.4, -0.2) is 39.3 Å². The maximum absolute atomic E-state index is 13.2. The van der Waals surface area contributed by atoms with Crippen molar-refractivity contribution in [2.24, 2.45) is 0 Å². The van der Waals surface area contributed by atoms with Gasteiger partial charge in [0, 0.05) is 22.6 Å². The monoisotopic (exact) mass is 461 g/mol. The van der Waals surface area contributed by atoms with Crippen LogP contribution >= 0.6 is 0 Å². The van der Waals surface area contributed by atoms with Gasteiger partial charge in [0.2, 0.25) is 0 Å². The Morgan fingerprint density at radius 1 is 1.06 bits per heavy atom. The first-order valence-corrected chi connectivity index (χ1v) is 11.1. The van der Waals surface area contributed by atoms with Crippen LogP contribution in [0.1, 0.15) is 65.8 Å². The third-order valence-electron chi connectivity index (χ3n) is 6.67. The first-order chi connectivity index (χ1) is 15.5. The Hall–Kier alpha value is -3.10. The number of urea groups is 1. The zero-order chi connectivity index (χ0) is 24.0. The van der Waals surface area contributed by atoms with Gasteiger partial charge in [-0.2, -0.15) is 13.2 Å². The van der Waals surface area contributed by atoms with E-state index >= 15 is 0 Å². The number of nitrogens with zero attached hydrogens (tertiary/aromatic N) is 2. The van der Waals surface area contributed by atoms with Crippen LogP contribution in [0.25, 0.3) is 5.69 Å². The van der Waals surface area contributed by atoms with E-state index in [1.165, 1.54) is 12.1 Å². The number of nitrogens with one attached hydrogen (secondary N) is 1. The fraction of sp³-hybridized carbons (Fsp3) is 0.458. The quantitative estimate of drug-likeness (QED) is 0.518. The van der Waals surface area contributed by atoms with E-state index in [1.54, 1.807) is 24.5 Å². The summed E-state index contributed by atoms with van der Waals surface area (Å²) in [6, 6.07) is 5.89. The topological polar surface area (TPSA) is 71.4 Å². The van der Waals surface area contributed by atoms with Gasteiger partial charge in [0.15, 0.2) is 5.78 Å². The lowest BCUT2D eigenvalue weighted by atomic mass is 9.90. The van der Waals surface area contributed by atoms with Crippen molar-refractivity contribution in [1.82, 2.24) is 14.8 Å². The zero-order valence-corrected chi connectivity index (χ0v) is 18.6. The molecule has 0 unspecified atom stereocenters. The first kappa shape index (κ1) is 23.1. The number of rotatable bonds is 4. The molecule has 4 rings (SSSR count). The van der Waals surface area contributed by atoms with Gasteiger partial charge >= 0.3 is 12.2 Å². The van der Waals surface area contributed by atoms with Gasteiger partial charge < -0.3 is 9.88 Å². The number of amides is 3. The summed E-state index contributed by atoms with van der Waals surface area (Å²) in [5.41, 5.74) is -0.129. The molecule has 3 amide bonds. The maximum Gasteiger partial charge on any atom is 0.416 e. The molecule has 9 heteroatoms. The van der Waals surface area contributed by atoms with Crippen molar-refractivity contribution < 1.29 is 27.6 Å². The van der Waals surface area contributed by atoms with Crippen LogP contribution in [0.4, 0.5) is 18.0 Å². The summed E-state index contributed by atoms with van der Waals surface area (Å²) in [4.78, 5) is 39.8. The largest absolute Gasteiger partial charge is 0.416 e. The third-order valence-corrected chi connectivity index (χ3v) is 6.67. The van der Waals surface area contributed by atoms with Gasteiger partial charge in [0.25, 0.3) is 5.91 Å². The molecule has 33 heavy (non-hydrogen) atoms. The number of hydrogen-bond acceptors (Lipinski definition) is 3.